The van der Waals surface area contributed by atoms with Crippen molar-refractivity contribution in [2.75, 3.05) is 11.4 Å². The third-order valence-electron chi connectivity index (χ3n) is 7.10. The molecule has 3 atom stereocenters. The zero-order valence-electron chi connectivity index (χ0n) is 20.2. The van der Waals surface area contributed by atoms with Crippen molar-refractivity contribution in [3.8, 4) is 0 Å². The number of rotatable bonds is 5. The molecule has 0 spiro atoms. The van der Waals surface area contributed by atoms with E-state index >= 15 is 0 Å². The van der Waals surface area contributed by atoms with Crippen LogP contribution >= 0.6 is 27.3 Å². The molecule has 8 heteroatoms. The van der Waals surface area contributed by atoms with Gasteiger partial charge in [-0.1, -0.05) is 30.3 Å². The quantitative estimate of drug-likeness (QED) is 0.430. The Labute approximate surface area is 223 Å². The molecule has 0 radical (unpaired) electrons. The fourth-order valence-electron chi connectivity index (χ4n) is 5.27. The second-order valence-electron chi connectivity index (χ2n) is 9.55. The number of aryl methyl sites for hydroxylation is 1. The first kappa shape index (κ1) is 24.7. The van der Waals surface area contributed by atoms with Crippen LogP contribution in [0.2, 0.25) is 0 Å². The van der Waals surface area contributed by atoms with Gasteiger partial charge in [0.1, 0.15) is 0 Å². The molecule has 3 aromatic rings. The Morgan fingerprint density at radius 2 is 1.83 bits per heavy atom. The van der Waals surface area contributed by atoms with Crippen LogP contribution in [0.4, 0.5) is 5.69 Å². The van der Waals surface area contributed by atoms with Crippen molar-refractivity contribution in [3.63, 3.8) is 0 Å². The van der Waals surface area contributed by atoms with Gasteiger partial charge in [-0.05, 0) is 84.1 Å². The van der Waals surface area contributed by atoms with E-state index in [4.69, 9.17) is 0 Å². The van der Waals surface area contributed by atoms with Crippen molar-refractivity contribution >= 4 is 50.7 Å². The third kappa shape index (κ3) is 4.84. The smallest absolute Gasteiger partial charge is 0.261 e. The number of carbonyl (C=O) groups excluding carboxylic acids is 3. The van der Waals surface area contributed by atoms with Crippen molar-refractivity contribution in [1.82, 2.24) is 10.2 Å². The average molecular weight is 567 g/mol. The van der Waals surface area contributed by atoms with Gasteiger partial charge >= 0.3 is 0 Å². The molecule has 2 aromatic carbocycles. The SMILES string of the molecule is Cc1cc(N2CC(NC(=O)c3ccc(Br)s3)CC2=O)ccc1C(=O)N1C(C)CCC1c1ccccc1. The van der Waals surface area contributed by atoms with E-state index in [9.17, 15) is 14.4 Å². The summed E-state index contributed by atoms with van der Waals surface area (Å²) in [5, 5.41) is 2.97. The molecule has 1 aromatic heterocycles. The first-order chi connectivity index (χ1) is 17.3. The molecular formula is C28H28BrN3O3S. The van der Waals surface area contributed by atoms with Crippen LogP contribution in [0.1, 0.15) is 63.4 Å². The highest BCUT2D eigenvalue weighted by Crippen LogP contribution is 2.38. The van der Waals surface area contributed by atoms with Gasteiger partial charge in [0.05, 0.1) is 20.7 Å². The predicted molar refractivity (Wildman–Crippen MR) is 145 cm³/mol. The van der Waals surface area contributed by atoms with E-state index in [1.807, 2.05) is 54.3 Å². The van der Waals surface area contributed by atoms with Crippen molar-refractivity contribution in [2.45, 2.75) is 51.2 Å². The standard InChI is InChI=1S/C28H28BrN3O3S/c1-17-14-21(31-16-20(15-26(31)33)30-27(34)24-12-13-25(29)36-24)9-10-22(17)28(35)32-18(2)8-11-23(32)19-6-4-3-5-7-19/h3-7,9-10,12-14,18,20,23H,8,11,15-16H2,1-2H3,(H,30,34). The highest BCUT2D eigenvalue weighted by molar-refractivity contribution is 9.11. The van der Waals surface area contributed by atoms with Gasteiger partial charge in [-0.2, -0.15) is 0 Å². The summed E-state index contributed by atoms with van der Waals surface area (Å²) in [6, 6.07) is 19.4. The molecule has 5 rings (SSSR count). The van der Waals surface area contributed by atoms with Gasteiger partial charge in [0.15, 0.2) is 0 Å². The van der Waals surface area contributed by atoms with Gasteiger partial charge < -0.3 is 15.1 Å². The third-order valence-corrected chi connectivity index (χ3v) is 8.72. The van der Waals surface area contributed by atoms with Gasteiger partial charge in [-0.25, -0.2) is 0 Å². The summed E-state index contributed by atoms with van der Waals surface area (Å²) in [5.41, 5.74) is 3.41. The van der Waals surface area contributed by atoms with Crippen molar-refractivity contribution in [1.29, 1.82) is 0 Å². The van der Waals surface area contributed by atoms with Crippen LogP contribution in [0.3, 0.4) is 0 Å². The van der Waals surface area contributed by atoms with E-state index in [1.54, 1.807) is 11.0 Å². The van der Waals surface area contributed by atoms with Gasteiger partial charge in [0.2, 0.25) is 5.91 Å². The maximum absolute atomic E-state index is 13.7. The largest absolute Gasteiger partial charge is 0.346 e. The highest BCUT2D eigenvalue weighted by Gasteiger charge is 2.37. The number of anilines is 1. The normalized spacial score (nSPS) is 21.8. The van der Waals surface area contributed by atoms with E-state index in [0.29, 0.717) is 17.0 Å². The Kier molecular flexibility index (Phi) is 6.99. The average Bonchev–Trinajstić information content (AvgIpc) is 3.57. The fourth-order valence-corrected chi connectivity index (χ4v) is 6.56. The zero-order valence-corrected chi connectivity index (χ0v) is 22.6. The Hall–Kier alpha value is -2.97. The summed E-state index contributed by atoms with van der Waals surface area (Å²) < 4.78 is 0.889. The van der Waals surface area contributed by atoms with Gasteiger partial charge in [0, 0.05) is 30.3 Å². The van der Waals surface area contributed by atoms with Crippen molar-refractivity contribution < 1.29 is 14.4 Å². The number of hydrogen-bond acceptors (Lipinski definition) is 4. The lowest BCUT2D eigenvalue weighted by atomic mass is 10.0. The second-order valence-corrected chi connectivity index (χ2v) is 12.0. The molecule has 0 saturated carbocycles. The maximum Gasteiger partial charge on any atom is 0.261 e. The van der Waals surface area contributed by atoms with Crippen LogP contribution in [-0.2, 0) is 4.79 Å². The molecular weight excluding hydrogens is 538 g/mol. The number of nitrogens with zero attached hydrogens (tertiary/aromatic N) is 2. The van der Waals surface area contributed by atoms with E-state index in [2.05, 4.69) is 40.3 Å². The first-order valence-corrected chi connectivity index (χ1v) is 13.8. The van der Waals surface area contributed by atoms with Gasteiger partial charge in [-0.3, -0.25) is 14.4 Å². The van der Waals surface area contributed by atoms with E-state index in [0.717, 1.165) is 33.4 Å². The van der Waals surface area contributed by atoms with E-state index < -0.39 is 0 Å². The molecule has 1 N–H and O–H groups in total. The highest BCUT2D eigenvalue weighted by atomic mass is 79.9. The maximum atomic E-state index is 13.7. The lowest BCUT2D eigenvalue weighted by Crippen LogP contribution is -2.37. The molecule has 0 bridgehead atoms. The molecule has 3 amide bonds. The van der Waals surface area contributed by atoms with Crippen LogP contribution < -0.4 is 10.2 Å². The molecule has 3 heterocycles. The molecule has 2 fully saturated rings. The Morgan fingerprint density at radius 3 is 2.53 bits per heavy atom. The monoisotopic (exact) mass is 565 g/mol. The molecule has 2 saturated heterocycles. The van der Waals surface area contributed by atoms with Crippen LogP contribution in [0, 0.1) is 6.92 Å². The number of amides is 3. The van der Waals surface area contributed by atoms with Crippen LogP contribution in [-0.4, -0.2) is 41.2 Å². The van der Waals surface area contributed by atoms with Crippen LogP contribution in [0.25, 0.3) is 0 Å². The zero-order chi connectivity index (χ0) is 25.4. The molecule has 2 aliphatic rings. The molecule has 186 valence electrons. The summed E-state index contributed by atoms with van der Waals surface area (Å²) in [6.45, 7) is 4.43. The number of likely N-dealkylation sites (tertiary alicyclic amines) is 1. The van der Waals surface area contributed by atoms with Crippen LogP contribution in [0.15, 0.2) is 64.5 Å². The Balaban J connectivity index is 1.30. The number of carbonyl (C=O) groups is 3. The first-order valence-electron chi connectivity index (χ1n) is 12.2. The number of halogens is 1. The molecule has 2 aliphatic heterocycles. The lowest BCUT2D eigenvalue weighted by Gasteiger charge is -2.30. The Morgan fingerprint density at radius 1 is 1.06 bits per heavy atom. The topological polar surface area (TPSA) is 69.7 Å². The van der Waals surface area contributed by atoms with Crippen molar-refractivity contribution in [3.05, 3.63) is 86.0 Å². The van der Waals surface area contributed by atoms with E-state index in [-0.39, 0.29) is 42.3 Å². The minimum atomic E-state index is -0.260. The molecule has 3 unspecified atom stereocenters. The number of hydrogen-bond donors (Lipinski definition) is 1. The Bertz CT molecular complexity index is 1310. The number of thiophene rings is 1. The fraction of sp³-hybridized carbons (Fsp3) is 0.321. The molecule has 0 aliphatic carbocycles. The van der Waals surface area contributed by atoms with E-state index in [1.165, 1.54) is 11.3 Å². The minimum Gasteiger partial charge on any atom is -0.346 e. The molecule has 6 nitrogen and oxygen atoms in total. The number of nitrogens with one attached hydrogen (secondary N) is 1. The lowest BCUT2D eigenvalue weighted by molar-refractivity contribution is -0.117. The summed E-state index contributed by atoms with van der Waals surface area (Å²) in [6.07, 6.45) is 2.17. The number of benzene rings is 2. The van der Waals surface area contributed by atoms with Gasteiger partial charge in [-0.15, -0.1) is 11.3 Å². The summed E-state index contributed by atoms with van der Waals surface area (Å²) in [4.78, 5) is 43.3. The van der Waals surface area contributed by atoms with Crippen molar-refractivity contribution in [2.24, 2.45) is 0 Å². The van der Waals surface area contributed by atoms with Crippen LogP contribution in [0.5, 0.6) is 0 Å². The summed E-state index contributed by atoms with van der Waals surface area (Å²) in [7, 11) is 0. The second kappa shape index (κ2) is 10.2. The van der Waals surface area contributed by atoms with Gasteiger partial charge in [0.25, 0.3) is 11.8 Å². The predicted octanol–water partition coefficient (Wildman–Crippen LogP) is 5.72. The summed E-state index contributed by atoms with van der Waals surface area (Å²) in [5.74, 6) is -0.184. The summed E-state index contributed by atoms with van der Waals surface area (Å²) >= 11 is 4.74. The minimum absolute atomic E-state index is 0.0258. The molecule has 36 heavy (non-hydrogen) atoms.